The van der Waals surface area contributed by atoms with Crippen LogP contribution in [0.1, 0.15) is 43.5 Å². The van der Waals surface area contributed by atoms with Crippen molar-refractivity contribution in [2.24, 2.45) is 17.8 Å². The van der Waals surface area contributed by atoms with Crippen LogP contribution in [0.3, 0.4) is 0 Å². The van der Waals surface area contributed by atoms with Crippen LogP contribution in [-0.2, 0) is 23.9 Å². The molecular formula is C26H27N3O6. The van der Waals surface area contributed by atoms with E-state index >= 15 is 0 Å². The number of rotatable bonds is 6. The Balaban J connectivity index is 1.36. The highest BCUT2D eigenvalue weighted by atomic mass is 16.5. The van der Waals surface area contributed by atoms with Crippen LogP contribution in [0.25, 0.3) is 0 Å². The summed E-state index contributed by atoms with van der Waals surface area (Å²) in [5.41, 5.74) is 1.54. The van der Waals surface area contributed by atoms with Gasteiger partial charge in [-0.25, -0.2) is 4.79 Å². The van der Waals surface area contributed by atoms with Gasteiger partial charge in [-0.05, 0) is 67.6 Å². The molecule has 0 bridgehead atoms. The lowest BCUT2D eigenvalue weighted by molar-refractivity contribution is -0.122. The molecule has 1 aliphatic carbocycles. The first-order chi connectivity index (χ1) is 16.7. The smallest absolute Gasteiger partial charge is 0.338 e. The normalized spacial score (nSPS) is 21.3. The van der Waals surface area contributed by atoms with Crippen LogP contribution in [0.2, 0.25) is 0 Å². The van der Waals surface area contributed by atoms with Crippen molar-refractivity contribution in [2.45, 2.75) is 33.1 Å². The number of nitrogens with zero attached hydrogens (tertiary/aromatic N) is 1. The standard InChI is InChI=1S/C26H27N3O6/c1-15-6-11-21-22(12-15)25(33)29(24(21)32)20-5-3-4-17(13-20)26(34)35-14-23(31)28-19-9-7-18(8-10-19)27-16(2)30/h3-5,7-10,13,15,21-22H,6,11-12,14H2,1-2H3,(H,27,30)(H,28,31)/t15-,21-,22-/m1/s1. The summed E-state index contributed by atoms with van der Waals surface area (Å²) >= 11 is 0. The maximum atomic E-state index is 13.0. The minimum absolute atomic E-state index is 0.138. The van der Waals surface area contributed by atoms with Gasteiger partial charge in [0.1, 0.15) is 0 Å². The van der Waals surface area contributed by atoms with E-state index in [1.54, 1.807) is 36.4 Å². The molecule has 4 amide bonds. The summed E-state index contributed by atoms with van der Waals surface area (Å²) in [6.07, 6.45) is 2.31. The van der Waals surface area contributed by atoms with Crippen LogP contribution < -0.4 is 15.5 Å². The number of benzene rings is 2. The summed E-state index contributed by atoms with van der Waals surface area (Å²) < 4.78 is 5.12. The molecule has 1 heterocycles. The predicted molar refractivity (Wildman–Crippen MR) is 129 cm³/mol. The highest BCUT2D eigenvalue weighted by molar-refractivity contribution is 6.22. The number of anilines is 3. The summed E-state index contributed by atoms with van der Waals surface area (Å²) in [6.45, 7) is 2.97. The molecule has 35 heavy (non-hydrogen) atoms. The zero-order valence-corrected chi connectivity index (χ0v) is 19.6. The third kappa shape index (κ3) is 5.40. The Bertz CT molecular complexity index is 1180. The Morgan fingerprint density at radius 3 is 2.29 bits per heavy atom. The summed E-state index contributed by atoms with van der Waals surface area (Å²) in [6, 6.07) is 12.6. The van der Waals surface area contributed by atoms with Gasteiger partial charge in [0.2, 0.25) is 17.7 Å². The SMILES string of the molecule is CC(=O)Nc1ccc(NC(=O)COC(=O)c2cccc(N3C(=O)[C@@H]4CC[C@@H](C)C[C@H]4C3=O)c2)cc1. The molecular weight excluding hydrogens is 450 g/mol. The maximum absolute atomic E-state index is 13.0. The topological polar surface area (TPSA) is 122 Å². The van der Waals surface area contributed by atoms with E-state index in [2.05, 4.69) is 17.6 Å². The number of carbonyl (C=O) groups excluding carboxylic acids is 5. The van der Waals surface area contributed by atoms with Crippen molar-refractivity contribution in [1.82, 2.24) is 0 Å². The predicted octanol–water partition coefficient (Wildman–Crippen LogP) is 3.37. The molecule has 0 radical (unpaired) electrons. The molecule has 9 nitrogen and oxygen atoms in total. The van der Waals surface area contributed by atoms with Crippen molar-refractivity contribution in [2.75, 3.05) is 22.1 Å². The number of ether oxygens (including phenoxy) is 1. The van der Waals surface area contributed by atoms with Gasteiger partial charge in [-0.3, -0.25) is 24.1 Å². The van der Waals surface area contributed by atoms with Gasteiger partial charge >= 0.3 is 5.97 Å². The minimum Gasteiger partial charge on any atom is -0.452 e. The summed E-state index contributed by atoms with van der Waals surface area (Å²) in [7, 11) is 0. The van der Waals surface area contributed by atoms with E-state index in [9.17, 15) is 24.0 Å². The quantitative estimate of drug-likeness (QED) is 0.486. The van der Waals surface area contributed by atoms with Gasteiger partial charge in [0.25, 0.3) is 5.91 Å². The van der Waals surface area contributed by atoms with Crippen LogP contribution in [0.4, 0.5) is 17.1 Å². The van der Waals surface area contributed by atoms with Gasteiger partial charge in [0.15, 0.2) is 6.61 Å². The molecule has 182 valence electrons. The van der Waals surface area contributed by atoms with E-state index in [1.165, 1.54) is 24.0 Å². The molecule has 0 aromatic heterocycles. The highest BCUT2D eigenvalue weighted by Crippen LogP contribution is 2.42. The molecule has 0 unspecified atom stereocenters. The number of fused-ring (bicyclic) bond motifs is 1. The second kappa shape index (κ2) is 10.1. The van der Waals surface area contributed by atoms with Gasteiger partial charge in [-0.15, -0.1) is 0 Å². The van der Waals surface area contributed by atoms with Gasteiger partial charge in [-0.2, -0.15) is 0 Å². The number of amides is 4. The van der Waals surface area contributed by atoms with Crippen molar-refractivity contribution in [3.05, 3.63) is 54.1 Å². The Hall–Kier alpha value is -4.01. The third-order valence-electron chi connectivity index (χ3n) is 6.35. The molecule has 2 fully saturated rings. The fourth-order valence-corrected chi connectivity index (χ4v) is 4.67. The molecule has 2 N–H and O–H groups in total. The molecule has 0 spiro atoms. The Morgan fingerprint density at radius 1 is 0.943 bits per heavy atom. The van der Waals surface area contributed by atoms with Crippen molar-refractivity contribution in [3.63, 3.8) is 0 Å². The van der Waals surface area contributed by atoms with Crippen LogP contribution in [0.15, 0.2) is 48.5 Å². The van der Waals surface area contributed by atoms with Gasteiger partial charge in [0.05, 0.1) is 23.1 Å². The molecule has 2 aliphatic rings. The lowest BCUT2D eigenvalue weighted by Crippen LogP contribution is -2.31. The van der Waals surface area contributed by atoms with Crippen LogP contribution in [0.5, 0.6) is 0 Å². The van der Waals surface area contributed by atoms with E-state index in [0.29, 0.717) is 35.8 Å². The lowest BCUT2D eigenvalue weighted by Gasteiger charge is -2.25. The highest BCUT2D eigenvalue weighted by Gasteiger charge is 2.50. The Labute approximate surface area is 202 Å². The molecule has 1 saturated carbocycles. The van der Waals surface area contributed by atoms with Crippen molar-refractivity contribution >= 4 is 46.7 Å². The third-order valence-corrected chi connectivity index (χ3v) is 6.35. The second-order valence-corrected chi connectivity index (χ2v) is 9.08. The molecule has 1 saturated heterocycles. The van der Waals surface area contributed by atoms with E-state index in [4.69, 9.17) is 4.74 Å². The number of esters is 1. The molecule has 9 heteroatoms. The number of hydrogen-bond acceptors (Lipinski definition) is 6. The molecule has 3 atom stereocenters. The van der Waals surface area contributed by atoms with Crippen molar-refractivity contribution in [1.29, 1.82) is 0 Å². The van der Waals surface area contributed by atoms with Crippen LogP contribution in [0, 0.1) is 17.8 Å². The van der Waals surface area contributed by atoms with Crippen LogP contribution >= 0.6 is 0 Å². The lowest BCUT2D eigenvalue weighted by atomic mass is 9.76. The van der Waals surface area contributed by atoms with Gasteiger partial charge in [-0.1, -0.05) is 13.0 Å². The monoisotopic (exact) mass is 477 g/mol. The Morgan fingerprint density at radius 2 is 1.60 bits per heavy atom. The number of hydrogen-bond donors (Lipinski definition) is 2. The largest absolute Gasteiger partial charge is 0.452 e. The van der Waals surface area contributed by atoms with Crippen molar-refractivity contribution in [3.8, 4) is 0 Å². The summed E-state index contributed by atoms with van der Waals surface area (Å²) in [5.74, 6) is -2.14. The molecule has 2 aromatic rings. The van der Waals surface area contributed by atoms with Gasteiger partial charge < -0.3 is 15.4 Å². The summed E-state index contributed by atoms with van der Waals surface area (Å²) in [5, 5.41) is 5.23. The zero-order chi connectivity index (χ0) is 25.1. The van der Waals surface area contributed by atoms with E-state index in [0.717, 1.165) is 6.42 Å². The first-order valence-electron chi connectivity index (χ1n) is 11.6. The summed E-state index contributed by atoms with van der Waals surface area (Å²) in [4.78, 5) is 62.9. The number of imide groups is 1. The van der Waals surface area contributed by atoms with Gasteiger partial charge in [0, 0.05) is 18.3 Å². The average molecular weight is 478 g/mol. The maximum Gasteiger partial charge on any atom is 0.338 e. The number of carbonyl (C=O) groups is 5. The van der Waals surface area contributed by atoms with E-state index in [-0.39, 0.29) is 35.1 Å². The van der Waals surface area contributed by atoms with Crippen LogP contribution in [-0.4, -0.2) is 36.2 Å². The molecule has 1 aliphatic heterocycles. The zero-order valence-electron chi connectivity index (χ0n) is 19.6. The molecule has 2 aromatic carbocycles. The second-order valence-electron chi connectivity index (χ2n) is 9.08. The Kier molecular flexibility index (Phi) is 6.95. The van der Waals surface area contributed by atoms with E-state index < -0.39 is 18.5 Å². The molecule has 4 rings (SSSR count). The minimum atomic E-state index is -0.742. The first-order valence-corrected chi connectivity index (χ1v) is 11.6. The van der Waals surface area contributed by atoms with Crippen molar-refractivity contribution < 1.29 is 28.7 Å². The van der Waals surface area contributed by atoms with E-state index in [1.807, 2.05) is 0 Å². The fraction of sp³-hybridized carbons (Fsp3) is 0.346. The first kappa shape index (κ1) is 24.1. The number of nitrogens with one attached hydrogen (secondary N) is 2. The fourth-order valence-electron chi connectivity index (χ4n) is 4.67. The average Bonchev–Trinajstić information content (AvgIpc) is 3.07.